The van der Waals surface area contributed by atoms with E-state index in [0.717, 1.165) is 22.0 Å². The molecule has 0 spiro atoms. The van der Waals surface area contributed by atoms with E-state index in [1.54, 1.807) is 6.07 Å². The number of carbonyl (C=O) groups excluding carboxylic acids is 1. The number of rotatable bonds is 2. The number of halogens is 1. The predicted molar refractivity (Wildman–Crippen MR) is 91.7 cm³/mol. The Balaban J connectivity index is 1.90. The Morgan fingerprint density at radius 1 is 1.25 bits per heavy atom. The second-order valence-corrected chi connectivity index (χ2v) is 6.18. The third kappa shape index (κ3) is 2.57. The van der Waals surface area contributed by atoms with Gasteiger partial charge in [-0.3, -0.25) is 9.63 Å². The normalized spacial score (nSPS) is 17.6. The van der Waals surface area contributed by atoms with Crippen molar-refractivity contribution in [3.05, 3.63) is 59.2 Å². The van der Waals surface area contributed by atoms with Gasteiger partial charge in [0, 0.05) is 21.5 Å². The van der Waals surface area contributed by atoms with Gasteiger partial charge in [-0.2, -0.15) is 0 Å². The molecule has 1 aliphatic rings. The van der Waals surface area contributed by atoms with Crippen molar-refractivity contribution in [1.82, 2.24) is 10.0 Å². The van der Waals surface area contributed by atoms with E-state index < -0.39 is 6.10 Å². The molecule has 1 aliphatic heterocycles. The molecular formula is C18H15ClN2O3. The summed E-state index contributed by atoms with van der Waals surface area (Å²) in [7, 11) is 0. The molecule has 0 bridgehead atoms. The van der Waals surface area contributed by atoms with Gasteiger partial charge in [0.25, 0.3) is 5.91 Å². The quantitative estimate of drug-likeness (QED) is 0.751. The molecule has 1 atom stereocenters. The van der Waals surface area contributed by atoms with E-state index in [1.807, 2.05) is 42.5 Å². The molecule has 1 aromatic heterocycles. The molecular weight excluding hydrogens is 328 g/mol. The summed E-state index contributed by atoms with van der Waals surface area (Å²) < 4.78 is 0. The summed E-state index contributed by atoms with van der Waals surface area (Å²) in [6, 6.07) is 15.1. The molecule has 2 heterocycles. The Morgan fingerprint density at radius 3 is 2.75 bits per heavy atom. The van der Waals surface area contributed by atoms with Crippen molar-refractivity contribution >= 4 is 28.4 Å². The molecule has 1 fully saturated rings. The van der Waals surface area contributed by atoms with E-state index in [-0.39, 0.29) is 19.1 Å². The number of hydrogen-bond donors (Lipinski definition) is 2. The van der Waals surface area contributed by atoms with Crippen molar-refractivity contribution in [1.29, 1.82) is 0 Å². The zero-order chi connectivity index (χ0) is 16.7. The maximum atomic E-state index is 12.9. The van der Waals surface area contributed by atoms with E-state index >= 15 is 0 Å². The van der Waals surface area contributed by atoms with Gasteiger partial charge in [-0.25, -0.2) is 5.06 Å². The van der Waals surface area contributed by atoms with Crippen molar-refractivity contribution in [2.24, 2.45) is 0 Å². The fourth-order valence-electron chi connectivity index (χ4n) is 2.97. The second-order valence-electron chi connectivity index (χ2n) is 5.75. The highest BCUT2D eigenvalue weighted by molar-refractivity contribution is 6.31. The number of nitrogens with zero attached hydrogens (tertiary/aromatic N) is 1. The van der Waals surface area contributed by atoms with Crippen LogP contribution in [0, 0.1) is 0 Å². The number of aromatic nitrogens is 1. The van der Waals surface area contributed by atoms with Gasteiger partial charge in [0.15, 0.2) is 0 Å². The van der Waals surface area contributed by atoms with Crippen molar-refractivity contribution in [3.8, 4) is 11.1 Å². The maximum absolute atomic E-state index is 12.9. The average Bonchev–Trinajstić information content (AvgIpc) is 3.18. The lowest BCUT2D eigenvalue weighted by Gasteiger charge is -2.14. The Kier molecular flexibility index (Phi) is 3.76. The van der Waals surface area contributed by atoms with Crippen LogP contribution in [0.4, 0.5) is 0 Å². The molecule has 2 N–H and O–H groups in total. The van der Waals surface area contributed by atoms with Crippen molar-refractivity contribution < 1.29 is 14.7 Å². The number of carbonyl (C=O) groups is 1. The number of amides is 1. The molecule has 3 aromatic rings. The van der Waals surface area contributed by atoms with Gasteiger partial charge < -0.3 is 10.1 Å². The maximum Gasteiger partial charge on any atom is 0.294 e. The zero-order valence-corrected chi connectivity index (χ0v) is 13.5. The molecule has 122 valence electrons. The first-order valence-corrected chi connectivity index (χ1v) is 8.01. The fraction of sp³-hybridized carbons (Fsp3) is 0.167. The third-order valence-electron chi connectivity index (χ3n) is 4.06. The van der Waals surface area contributed by atoms with Crippen molar-refractivity contribution in [2.45, 2.75) is 6.10 Å². The van der Waals surface area contributed by atoms with Gasteiger partial charge >= 0.3 is 0 Å². The van der Waals surface area contributed by atoms with Crippen LogP contribution in [0.2, 0.25) is 5.02 Å². The summed E-state index contributed by atoms with van der Waals surface area (Å²) >= 11 is 6.15. The lowest BCUT2D eigenvalue weighted by molar-refractivity contribution is -0.0782. The number of hydrogen-bond acceptors (Lipinski definition) is 3. The average molecular weight is 343 g/mol. The lowest BCUT2D eigenvalue weighted by atomic mass is 10.0. The van der Waals surface area contributed by atoms with Crippen LogP contribution in [0.3, 0.4) is 0 Å². The molecule has 4 rings (SSSR count). The Hall–Kier alpha value is -2.34. The first-order chi connectivity index (χ1) is 11.6. The molecule has 1 amide bonds. The van der Waals surface area contributed by atoms with Gasteiger partial charge in [0.2, 0.25) is 0 Å². The van der Waals surface area contributed by atoms with E-state index in [1.165, 1.54) is 5.06 Å². The SMILES string of the molecule is O=C(c1[nH]c2ccc(Cl)cc2c1-c1ccccc1)N1CC(O)CO1. The molecule has 2 aromatic carbocycles. The van der Waals surface area contributed by atoms with Gasteiger partial charge in [-0.15, -0.1) is 0 Å². The number of H-pyrrole nitrogens is 1. The summed E-state index contributed by atoms with van der Waals surface area (Å²) in [4.78, 5) is 21.3. The Morgan fingerprint density at radius 2 is 2.04 bits per heavy atom. The largest absolute Gasteiger partial charge is 0.389 e. The number of hydroxylamine groups is 2. The Bertz CT molecular complexity index is 907. The van der Waals surface area contributed by atoms with Crippen molar-refractivity contribution in [2.75, 3.05) is 13.2 Å². The Labute approximate surface area is 143 Å². The molecule has 1 unspecified atom stereocenters. The molecule has 0 radical (unpaired) electrons. The van der Waals surface area contributed by atoms with Crippen LogP contribution in [0.15, 0.2) is 48.5 Å². The van der Waals surface area contributed by atoms with Crippen LogP contribution in [-0.2, 0) is 4.84 Å². The summed E-state index contributed by atoms with van der Waals surface area (Å²) in [6.45, 7) is 0.279. The third-order valence-corrected chi connectivity index (χ3v) is 4.30. The van der Waals surface area contributed by atoms with E-state index in [0.29, 0.717) is 10.7 Å². The lowest BCUT2D eigenvalue weighted by Crippen LogP contribution is -2.29. The first-order valence-electron chi connectivity index (χ1n) is 7.63. The van der Waals surface area contributed by atoms with Crippen LogP contribution < -0.4 is 0 Å². The summed E-state index contributed by atoms with van der Waals surface area (Å²) in [5.41, 5.74) is 2.94. The van der Waals surface area contributed by atoms with Crippen LogP contribution in [0.25, 0.3) is 22.0 Å². The van der Waals surface area contributed by atoms with Gasteiger partial charge in [0.05, 0.1) is 6.54 Å². The van der Waals surface area contributed by atoms with Crippen molar-refractivity contribution in [3.63, 3.8) is 0 Å². The predicted octanol–water partition coefficient (Wildman–Crippen LogP) is 3.24. The van der Waals surface area contributed by atoms with E-state index in [2.05, 4.69) is 4.98 Å². The highest BCUT2D eigenvalue weighted by Crippen LogP contribution is 2.35. The summed E-state index contributed by atoms with van der Waals surface area (Å²) in [5, 5.41) is 12.3. The number of nitrogens with one attached hydrogen (secondary N) is 1. The smallest absolute Gasteiger partial charge is 0.294 e. The van der Waals surface area contributed by atoms with Crippen LogP contribution in [0.1, 0.15) is 10.5 Å². The topological polar surface area (TPSA) is 65.6 Å². The molecule has 1 saturated heterocycles. The van der Waals surface area contributed by atoms with Crippen LogP contribution in [-0.4, -0.2) is 40.3 Å². The number of aliphatic hydroxyl groups excluding tert-OH is 1. The number of aliphatic hydroxyl groups is 1. The second kappa shape index (κ2) is 5.94. The first kappa shape index (κ1) is 15.2. The number of fused-ring (bicyclic) bond motifs is 1. The van der Waals surface area contributed by atoms with Crippen LogP contribution >= 0.6 is 11.6 Å². The fourth-order valence-corrected chi connectivity index (χ4v) is 3.14. The summed E-state index contributed by atoms with van der Waals surface area (Å²) in [5.74, 6) is -0.308. The minimum absolute atomic E-state index is 0.123. The van der Waals surface area contributed by atoms with Gasteiger partial charge in [0.1, 0.15) is 18.4 Å². The number of β-amino-alcohol motifs (C(OH)–C–C–N with tert-alkyl or cyclic N) is 1. The van der Waals surface area contributed by atoms with Gasteiger partial charge in [-0.05, 0) is 23.8 Å². The highest BCUT2D eigenvalue weighted by atomic mass is 35.5. The number of aromatic amines is 1. The molecule has 24 heavy (non-hydrogen) atoms. The molecule has 0 aliphatic carbocycles. The minimum Gasteiger partial charge on any atom is -0.389 e. The molecule has 0 saturated carbocycles. The van der Waals surface area contributed by atoms with Crippen LogP contribution in [0.5, 0.6) is 0 Å². The van der Waals surface area contributed by atoms with E-state index in [4.69, 9.17) is 16.4 Å². The molecule has 6 heteroatoms. The monoisotopic (exact) mass is 342 g/mol. The van der Waals surface area contributed by atoms with E-state index in [9.17, 15) is 9.90 Å². The standard InChI is InChI=1S/C18H15ClN2O3/c19-12-6-7-15-14(8-12)16(11-4-2-1-3-5-11)17(20-15)18(23)21-9-13(22)10-24-21/h1-8,13,20,22H,9-10H2. The summed E-state index contributed by atoms with van der Waals surface area (Å²) in [6.07, 6.45) is -0.659. The number of benzene rings is 2. The highest BCUT2D eigenvalue weighted by Gasteiger charge is 2.30. The molecule has 5 nitrogen and oxygen atoms in total. The minimum atomic E-state index is -0.659. The zero-order valence-electron chi connectivity index (χ0n) is 12.7. The van der Waals surface area contributed by atoms with Gasteiger partial charge in [-0.1, -0.05) is 41.9 Å².